The Balaban J connectivity index is 1.48. The van der Waals surface area contributed by atoms with Crippen LogP contribution in [0.3, 0.4) is 0 Å². The summed E-state index contributed by atoms with van der Waals surface area (Å²) in [5.41, 5.74) is 9.05. The van der Waals surface area contributed by atoms with E-state index in [9.17, 15) is 4.79 Å². The quantitative estimate of drug-likeness (QED) is 0.697. The third kappa shape index (κ3) is 4.03. The van der Waals surface area contributed by atoms with Gasteiger partial charge in [0.1, 0.15) is 5.82 Å². The Hall–Kier alpha value is -3.68. The van der Waals surface area contributed by atoms with Crippen LogP contribution >= 0.6 is 0 Å². The van der Waals surface area contributed by atoms with Crippen LogP contribution in [0.1, 0.15) is 10.4 Å². The third-order valence-electron chi connectivity index (χ3n) is 5.24. The fourth-order valence-electron chi connectivity index (χ4n) is 3.55. The van der Waals surface area contributed by atoms with Crippen LogP contribution in [0.25, 0.3) is 11.3 Å². The molecule has 2 aromatic heterocycles. The first-order valence-corrected chi connectivity index (χ1v) is 9.88. The minimum Gasteiger partial charge on any atom is -0.378 e. The molecule has 8 nitrogen and oxygen atoms in total. The molecule has 8 heteroatoms. The molecule has 0 radical (unpaired) electrons. The second-order valence-electron chi connectivity index (χ2n) is 7.40. The highest BCUT2D eigenvalue weighted by Crippen LogP contribution is 2.24. The van der Waals surface area contributed by atoms with E-state index in [1.54, 1.807) is 24.5 Å². The van der Waals surface area contributed by atoms with Crippen molar-refractivity contribution in [3.63, 3.8) is 0 Å². The minimum atomic E-state index is -0.461. The van der Waals surface area contributed by atoms with Crippen molar-refractivity contribution in [2.75, 3.05) is 55.0 Å². The van der Waals surface area contributed by atoms with Crippen LogP contribution in [0.4, 0.5) is 17.5 Å². The van der Waals surface area contributed by atoms with Crippen molar-refractivity contribution in [2.24, 2.45) is 5.73 Å². The number of hydrogen-bond donors (Lipinski definition) is 1. The Morgan fingerprint density at radius 3 is 2.30 bits per heavy atom. The third-order valence-corrected chi connectivity index (χ3v) is 5.24. The van der Waals surface area contributed by atoms with E-state index in [0.29, 0.717) is 30.4 Å². The van der Waals surface area contributed by atoms with Crippen molar-refractivity contribution in [1.29, 1.82) is 0 Å². The lowest BCUT2D eigenvalue weighted by atomic mass is 10.1. The van der Waals surface area contributed by atoms with Gasteiger partial charge in [0.25, 0.3) is 5.91 Å². The molecule has 1 fully saturated rings. The van der Waals surface area contributed by atoms with Gasteiger partial charge in [-0.2, -0.15) is 0 Å². The van der Waals surface area contributed by atoms with Gasteiger partial charge >= 0.3 is 0 Å². The van der Waals surface area contributed by atoms with E-state index in [1.807, 2.05) is 20.2 Å². The smallest absolute Gasteiger partial charge is 0.252 e. The Bertz CT molecular complexity index is 1030. The van der Waals surface area contributed by atoms with E-state index in [4.69, 9.17) is 10.7 Å². The number of primary amides is 1. The number of anilines is 3. The van der Waals surface area contributed by atoms with E-state index >= 15 is 0 Å². The molecule has 1 aliphatic heterocycles. The van der Waals surface area contributed by atoms with Crippen LogP contribution in [0, 0.1) is 0 Å². The topological polar surface area (TPSA) is 91.5 Å². The zero-order valence-corrected chi connectivity index (χ0v) is 17.2. The molecule has 1 aliphatic rings. The van der Waals surface area contributed by atoms with Crippen LogP contribution in [0.15, 0.2) is 54.9 Å². The Kier molecular flexibility index (Phi) is 5.47. The van der Waals surface area contributed by atoms with Gasteiger partial charge in [0.2, 0.25) is 5.95 Å². The summed E-state index contributed by atoms with van der Waals surface area (Å²) in [6, 6.07) is 13.7. The number of carbonyl (C=O) groups excluding carboxylic acids is 1. The predicted octanol–water partition coefficient (Wildman–Crippen LogP) is 2.03. The van der Waals surface area contributed by atoms with E-state index < -0.39 is 5.91 Å². The Morgan fingerprint density at radius 1 is 0.933 bits per heavy atom. The van der Waals surface area contributed by atoms with Crippen LogP contribution in [-0.4, -0.2) is 61.1 Å². The van der Waals surface area contributed by atoms with E-state index in [1.165, 1.54) is 0 Å². The number of nitrogens with zero attached hydrogens (tertiary/aromatic N) is 6. The first-order valence-electron chi connectivity index (χ1n) is 9.88. The number of amides is 1. The fourth-order valence-corrected chi connectivity index (χ4v) is 3.55. The van der Waals surface area contributed by atoms with Gasteiger partial charge in [-0.15, -0.1) is 0 Å². The van der Waals surface area contributed by atoms with Crippen molar-refractivity contribution in [1.82, 2.24) is 15.0 Å². The van der Waals surface area contributed by atoms with Crippen LogP contribution in [-0.2, 0) is 0 Å². The summed E-state index contributed by atoms with van der Waals surface area (Å²) >= 11 is 0. The average molecular weight is 403 g/mol. The summed E-state index contributed by atoms with van der Waals surface area (Å²) in [4.78, 5) is 31.6. The summed E-state index contributed by atoms with van der Waals surface area (Å²) in [6.07, 6.45) is 3.48. The van der Waals surface area contributed by atoms with Gasteiger partial charge < -0.3 is 20.4 Å². The molecule has 0 bridgehead atoms. The van der Waals surface area contributed by atoms with E-state index in [-0.39, 0.29) is 0 Å². The number of benzene rings is 1. The lowest BCUT2D eigenvalue weighted by Gasteiger charge is -2.36. The number of aromatic nitrogens is 3. The lowest BCUT2D eigenvalue weighted by molar-refractivity contribution is 0.100. The monoisotopic (exact) mass is 403 g/mol. The SMILES string of the molecule is CN(C)c1ccc(-c2ccnc(N3CCN(c4ncccc4C(N)=O)CC3)n2)cc1. The molecular weight excluding hydrogens is 378 g/mol. The molecule has 1 aromatic carbocycles. The molecule has 30 heavy (non-hydrogen) atoms. The van der Waals surface area contributed by atoms with Crippen molar-refractivity contribution in [2.45, 2.75) is 0 Å². The van der Waals surface area contributed by atoms with Crippen LogP contribution in [0.5, 0.6) is 0 Å². The summed E-state index contributed by atoms with van der Waals surface area (Å²) in [5.74, 6) is 0.886. The molecule has 3 heterocycles. The highest BCUT2D eigenvalue weighted by molar-refractivity contribution is 5.97. The molecule has 0 spiro atoms. The maximum Gasteiger partial charge on any atom is 0.252 e. The van der Waals surface area contributed by atoms with Gasteiger partial charge in [-0.3, -0.25) is 4.79 Å². The van der Waals surface area contributed by atoms with Crippen molar-refractivity contribution in [3.8, 4) is 11.3 Å². The lowest BCUT2D eigenvalue weighted by Crippen LogP contribution is -2.48. The minimum absolute atomic E-state index is 0.449. The first kappa shape index (κ1) is 19.6. The fraction of sp³-hybridized carbons (Fsp3) is 0.273. The molecule has 2 N–H and O–H groups in total. The molecule has 0 atom stereocenters. The molecule has 3 aromatic rings. The Morgan fingerprint density at radius 2 is 1.63 bits per heavy atom. The second kappa shape index (κ2) is 8.36. The summed E-state index contributed by atoms with van der Waals surface area (Å²) in [5, 5.41) is 0. The zero-order chi connectivity index (χ0) is 21.1. The van der Waals surface area contributed by atoms with Gasteiger partial charge in [0.15, 0.2) is 0 Å². The zero-order valence-electron chi connectivity index (χ0n) is 17.2. The number of hydrogen-bond acceptors (Lipinski definition) is 7. The van der Waals surface area contributed by atoms with Crippen LogP contribution < -0.4 is 20.4 Å². The molecule has 0 unspecified atom stereocenters. The van der Waals surface area contributed by atoms with Gasteiger partial charge in [-0.25, -0.2) is 15.0 Å². The van der Waals surface area contributed by atoms with Gasteiger partial charge in [-0.1, -0.05) is 12.1 Å². The summed E-state index contributed by atoms with van der Waals surface area (Å²) < 4.78 is 0. The molecule has 1 saturated heterocycles. The summed E-state index contributed by atoms with van der Waals surface area (Å²) in [7, 11) is 4.05. The van der Waals surface area contributed by atoms with E-state index in [2.05, 4.69) is 48.9 Å². The second-order valence-corrected chi connectivity index (χ2v) is 7.40. The van der Waals surface area contributed by atoms with Crippen molar-refractivity contribution >= 4 is 23.4 Å². The normalized spacial score (nSPS) is 13.9. The first-order chi connectivity index (χ1) is 14.5. The van der Waals surface area contributed by atoms with Crippen LogP contribution in [0.2, 0.25) is 0 Å². The number of rotatable bonds is 5. The molecule has 0 saturated carbocycles. The largest absolute Gasteiger partial charge is 0.378 e. The molecule has 0 aliphatic carbocycles. The van der Waals surface area contributed by atoms with Gasteiger partial charge in [0, 0.05) is 63.9 Å². The highest BCUT2D eigenvalue weighted by atomic mass is 16.1. The Labute approximate surface area is 176 Å². The molecule has 4 rings (SSSR count). The predicted molar refractivity (Wildman–Crippen MR) is 119 cm³/mol. The highest BCUT2D eigenvalue weighted by Gasteiger charge is 2.23. The van der Waals surface area contributed by atoms with Crippen molar-refractivity contribution in [3.05, 3.63) is 60.4 Å². The molecule has 154 valence electrons. The van der Waals surface area contributed by atoms with E-state index in [0.717, 1.165) is 30.0 Å². The maximum absolute atomic E-state index is 11.7. The molecule has 1 amide bonds. The van der Waals surface area contributed by atoms with Crippen molar-refractivity contribution < 1.29 is 4.79 Å². The standard InChI is InChI=1S/C22H25N7O/c1-27(2)17-7-5-16(6-8-17)19-9-11-25-22(26-19)29-14-12-28(13-15-29)21-18(20(23)30)4-3-10-24-21/h3-11H,12-15H2,1-2H3,(H2,23,30). The number of carbonyl (C=O) groups is 1. The average Bonchev–Trinajstić information content (AvgIpc) is 2.79. The number of pyridine rings is 1. The molecular formula is C22H25N7O. The van der Waals surface area contributed by atoms with Gasteiger partial charge in [0.05, 0.1) is 11.3 Å². The number of nitrogens with two attached hydrogens (primary N) is 1. The number of piperazine rings is 1. The maximum atomic E-state index is 11.7. The summed E-state index contributed by atoms with van der Waals surface area (Å²) in [6.45, 7) is 2.89. The van der Waals surface area contributed by atoms with Gasteiger partial charge in [-0.05, 0) is 30.3 Å².